The predicted molar refractivity (Wildman–Crippen MR) is 72.0 cm³/mol. The fourth-order valence-electron chi connectivity index (χ4n) is 1.36. The Balaban J connectivity index is 2.39. The van der Waals surface area contributed by atoms with E-state index < -0.39 is 0 Å². The van der Waals surface area contributed by atoms with Crippen molar-refractivity contribution in [3.63, 3.8) is 0 Å². The van der Waals surface area contributed by atoms with Crippen LogP contribution in [0.3, 0.4) is 0 Å². The van der Waals surface area contributed by atoms with Crippen LogP contribution in [-0.2, 0) is 4.74 Å². The van der Waals surface area contributed by atoms with Gasteiger partial charge in [0.1, 0.15) is 0 Å². The molecule has 0 spiro atoms. The van der Waals surface area contributed by atoms with Crippen LogP contribution in [0.4, 0.5) is 5.69 Å². The Morgan fingerprint density at radius 1 is 1.47 bits per heavy atom. The number of carbonyl (C=O) groups is 1. The van der Waals surface area contributed by atoms with Crippen LogP contribution in [0, 0.1) is 0 Å². The van der Waals surface area contributed by atoms with Crippen molar-refractivity contribution in [2.75, 3.05) is 26.0 Å². The summed E-state index contributed by atoms with van der Waals surface area (Å²) in [6, 6.07) is 5.18. The van der Waals surface area contributed by atoms with Gasteiger partial charge >= 0.3 is 0 Å². The van der Waals surface area contributed by atoms with Crippen molar-refractivity contribution in [1.82, 2.24) is 5.32 Å². The van der Waals surface area contributed by atoms with Crippen molar-refractivity contribution in [2.45, 2.75) is 12.8 Å². The van der Waals surface area contributed by atoms with Gasteiger partial charge in [0.2, 0.25) is 0 Å². The average molecular weight is 301 g/mol. The lowest BCUT2D eigenvalue weighted by molar-refractivity contribution is 0.0951. The average Bonchev–Trinajstić information content (AvgIpc) is 2.32. The third-order valence-corrected chi connectivity index (χ3v) is 3.04. The number of benzene rings is 1. The minimum atomic E-state index is -0.0957. The fourth-order valence-corrected chi connectivity index (χ4v) is 1.61. The molecule has 0 saturated heterocycles. The Labute approximate surface area is 110 Å². The highest BCUT2D eigenvalue weighted by Gasteiger charge is 2.06. The Kier molecular flexibility index (Phi) is 6.00. The van der Waals surface area contributed by atoms with Gasteiger partial charge in [-0.3, -0.25) is 4.79 Å². The van der Waals surface area contributed by atoms with Crippen molar-refractivity contribution in [3.05, 3.63) is 28.2 Å². The van der Waals surface area contributed by atoms with E-state index in [2.05, 4.69) is 21.2 Å². The predicted octanol–water partition coefficient (Wildman–Crippen LogP) is 2.19. The Morgan fingerprint density at radius 3 is 2.88 bits per heavy atom. The summed E-state index contributed by atoms with van der Waals surface area (Å²) in [6.45, 7) is 1.37. The molecule has 5 heteroatoms. The summed E-state index contributed by atoms with van der Waals surface area (Å²) in [5, 5.41) is 2.84. The first-order valence-electron chi connectivity index (χ1n) is 5.47. The van der Waals surface area contributed by atoms with Crippen molar-refractivity contribution in [2.24, 2.45) is 0 Å². The Morgan fingerprint density at radius 2 is 2.24 bits per heavy atom. The molecule has 3 N–H and O–H groups in total. The maximum atomic E-state index is 11.7. The lowest BCUT2D eigenvalue weighted by atomic mass is 10.2. The highest BCUT2D eigenvalue weighted by atomic mass is 79.9. The molecule has 1 aromatic carbocycles. The molecule has 0 aliphatic heterocycles. The van der Waals surface area contributed by atoms with Crippen molar-refractivity contribution >= 4 is 27.5 Å². The van der Waals surface area contributed by atoms with Gasteiger partial charge in [-0.1, -0.05) is 0 Å². The molecule has 0 unspecified atom stereocenters. The third-order valence-electron chi connectivity index (χ3n) is 2.32. The number of amides is 1. The zero-order chi connectivity index (χ0) is 12.7. The van der Waals surface area contributed by atoms with E-state index in [0.717, 1.165) is 23.9 Å². The fraction of sp³-hybridized carbons (Fsp3) is 0.417. The molecule has 4 nitrogen and oxygen atoms in total. The number of hydrogen-bond acceptors (Lipinski definition) is 3. The molecule has 0 aliphatic rings. The van der Waals surface area contributed by atoms with Gasteiger partial charge in [0.05, 0.1) is 0 Å². The van der Waals surface area contributed by atoms with E-state index in [0.29, 0.717) is 17.8 Å². The quantitative estimate of drug-likeness (QED) is 0.625. The van der Waals surface area contributed by atoms with Crippen LogP contribution >= 0.6 is 15.9 Å². The number of hydrogen-bond donors (Lipinski definition) is 2. The zero-order valence-electron chi connectivity index (χ0n) is 9.83. The molecule has 17 heavy (non-hydrogen) atoms. The van der Waals surface area contributed by atoms with E-state index in [1.165, 1.54) is 0 Å². The van der Waals surface area contributed by atoms with E-state index in [-0.39, 0.29) is 5.91 Å². The largest absolute Gasteiger partial charge is 0.398 e. The third kappa shape index (κ3) is 4.75. The zero-order valence-corrected chi connectivity index (χ0v) is 11.4. The lowest BCUT2D eigenvalue weighted by Gasteiger charge is -2.06. The van der Waals surface area contributed by atoms with Crippen LogP contribution < -0.4 is 11.1 Å². The van der Waals surface area contributed by atoms with Gasteiger partial charge in [0.15, 0.2) is 0 Å². The molecular formula is C12H17BrN2O2. The van der Waals surface area contributed by atoms with Crippen molar-refractivity contribution < 1.29 is 9.53 Å². The van der Waals surface area contributed by atoms with E-state index in [9.17, 15) is 4.79 Å². The number of rotatable bonds is 6. The molecule has 0 aromatic heterocycles. The van der Waals surface area contributed by atoms with Crippen molar-refractivity contribution in [1.29, 1.82) is 0 Å². The number of ether oxygens (including phenoxy) is 1. The van der Waals surface area contributed by atoms with E-state index in [1.54, 1.807) is 25.3 Å². The molecule has 1 amide bonds. The first kappa shape index (κ1) is 14.0. The van der Waals surface area contributed by atoms with Crippen molar-refractivity contribution in [3.8, 4) is 0 Å². The molecule has 1 aromatic rings. The summed E-state index contributed by atoms with van der Waals surface area (Å²) < 4.78 is 5.73. The van der Waals surface area contributed by atoms with Crippen LogP contribution in [0.2, 0.25) is 0 Å². The molecule has 0 heterocycles. The highest BCUT2D eigenvalue weighted by Crippen LogP contribution is 2.19. The van der Waals surface area contributed by atoms with Crippen LogP contribution in [0.25, 0.3) is 0 Å². The second-order valence-corrected chi connectivity index (χ2v) is 4.55. The molecule has 94 valence electrons. The van der Waals surface area contributed by atoms with Gasteiger partial charge < -0.3 is 15.8 Å². The normalized spacial score (nSPS) is 10.2. The highest BCUT2D eigenvalue weighted by molar-refractivity contribution is 9.10. The van der Waals surface area contributed by atoms with Crippen LogP contribution in [-0.4, -0.2) is 26.2 Å². The first-order valence-corrected chi connectivity index (χ1v) is 6.26. The number of nitrogens with two attached hydrogens (primary N) is 1. The number of halogens is 1. The molecule has 0 fully saturated rings. The summed E-state index contributed by atoms with van der Waals surface area (Å²) in [5.41, 5.74) is 6.86. The van der Waals surface area contributed by atoms with Crippen LogP contribution in [0.5, 0.6) is 0 Å². The second-order valence-electron chi connectivity index (χ2n) is 3.69. The van der Waals surface area contributed by atoms with E-state index >= 15 is 0 Å². The molecule has 0 atom stereocenters. The smallest absolute Gasteiger partial charge is 0.251 e. The van der Waals surface area contributed by atoms with Crippen LogP contribution in [0.15, 0.2) is 22.7 Å². The second kappa shape index (κ2) is 7.29. The minimum Gasteiger partial charge on any atom is -0.398 e. The molecular weight excluding hydrogens is 284 g/mol. The summed E-state index contributed by atoms with van der Waals surface area (Å²) in [7, 11) is 1.67. The topological polar surface area (TPSA) is 64.3 Å². The first-order chi connectivity index (χ1) is 8.15. The molecule has 0 aliphatic carbocycles. The van der Waals surface area contributed by atoms with Gasteiger partial charge in [-0.2, -0.15) is 0 Å². The molecule has 1 rings (SSSR count). The van der Waals surface area contributed by atoms with Gasteiger partial charge in [-0.05, 0) is 47.0 Å². The summed E-state index contributed by atoms with van der Waals surface area (Å²) in [4.78, 5) is 11.7. The minimum absolute atomic E-state index is 0.0957. The summed E-state index contributed by atoms with van der Waals surface area (Å²) in [6.07, 6.45) is 1.85. The summed E-state index contributed by atoms with van der Waals surface area (Å²) >= 11 is 3.29. The molecule has 0 bridgehead atoms. The molecule has 0 radical (unpaired) electrons. The SMILES string of the molecule is COCCCCNC(=O)c1ccc(Br)c(N)c1. The number of anilines is 1. The van der Waals surface area contributed by atoms with E-state index in [1.807, 2.05) is 0 Å². The Bertz CT molecular complexity index is 383. The van der Waals surface area contributed by atoms with Gasteiger partial charge in [0.25, 0.3) is 5.91 Å². The van der Waals surface area contributed by atoms with Gasteiger partial charge in [0, 0.05) is 36.0 Å². The number of methoxy groups -OCH3 is 1. The Hall–Kier alpha value is -1.07. The molecule has 0 saturated carbocycles. The standard InChI is InChI=1S/C12H17BrN2O2/c1-17-7-3-2-6-15-12(16)9-4-5-10(13)11(14)8-9/h4-5,8H,2-3,6-7,14H2,1H3,(H,15,16). The summed E-state index contributed by atoms with van der Waals surface area (Å²) in [5.74, 6) is -0.0957. The van der Waals surface area contributed by atoms with Gasteiger partial charge in [-0.15, -0.1) is 0 Å². The number of nitrogen functional groups attached to an aromatic ring is 1. The van der Waals surface area contributed by atoms with Crippen LogP contribution in [0.1, 0.15) is 23.2 Å². The monoisotopic (exact) mass is 300 g/mol. The lowest BCUT2D eigenvalue weighted by Crippen LogP contribution is -2.24. The number of nitrogens with one attached hydrogen (secondary N) is 1. The number of carbonyl (C=O) groups excluding carboxylic acids is 1. The maximum Gasteiger partial charge on any atom is 0.251 e. The number of unbranched alkanes of at least 4 members (excludes halogenated alkanes) is 1. The van der Waals surface area contributed by atoms with E-state index in [4.69, 9.17) is 10.5 Å². The maximum absolute atomic E-state index is 11.7. The van der Waals surface area contributed by atoms with Gasteiger partial charge in [-0.25, -0.2) is 0 Å².